The molecule has 0 spiro atoms. The summed E-state index contributed by atoms with van der Waals surface area (Å²) in [7, 11) is 2.19. The van der Waals surface area contributed by atoms with E-state index in [0.29, 0.717) is 5.88 Å². The van der Waals surface area contributed by atoms with Crippen molar-refractivity contribution in [2.45, 2.75) is 38.6 Å². The van der Waals surface area contributed by atoms with Gasteiger partial charge in [-0.15, -0.1) is 22.9 Å². The van der Waals surface area contributed by atoms with Gasteiger partial charge >= 0.3 is 0 Å². The molecule has 1 aromatic carbocycles. The van der Waals surface area contributed by atoms with Gasteiger partial charge in [0.1, 0.15) is 5.01 Å². The first-order chi connectivity index (χ1) is 10.2. The van der Waals surface area contributed by atoms with Crippen LogP contribution >= 0.6 is 22.9 Å². The zero-order valence-electron chi connectivity index (χ0n) is 12.8. The van der Waals surface area contributed by atoms with Crippen molar-refractivity contribution in [2.24, 2.45) is 0 Å². The molecule has 0 bridgehead atoms. The van der Waals surface area contributed by atoms with Crippen molar-refractivity contribution in [1.82, 2.24) is 9.88 Å². The van der Waals surface area contributed by atoms with Gasteiger partial charge in [0.15, 0.2) is 0 Å². The molecule has 0 saturated heterocycles. The molecule has 0 N–H and O–H groups in total. The van der Waals surface area contributed by atoms with E-state index in [1.54, 1.807) is 11.3 Å². The fourth-order valence-electron chi connectivity index (χ4n) is 2.28. The van der Waals surface area contributed by atoms with E-state index in [9.17, 15) is 0 Å². The molecule has 0 unspecified atom stereocenters. The van der Waals surface area contributed by atoms with Gasteiger partial charge in [-0.05, 0) is 25.6 Å². The summed E-state index contributed by atoms with van der Waals surface area (Å²) >= 11 is 7.46. The molecule has 2 nitrogen and oxygen atoms in total. The zero-order valence-corrected chi connectivity index (χ0v) is 14.4. The Morgan fingerprint density at radius 2 is 1.95 bits per heavy atom. The van der Waals surface area contributed by atoms with E-state index in [2.05, 4.69) is 48.1 Å². The molecule has 1 aromatic heterocycles. The molecule has 1 heterocycles. The molecule has 0 aliphatic rings. The summed E-state index contributed by atoms with van der Waals surface area (Å²) in [4.78, 5) is 6.90. The van der Waals surface area contributed by atoms with Crippen LogP contribution in [0.4, 0.5) is 0 Å². The molecule has 0 atom stereocenters. The molecule has 0 radical (unpaired) electrons. The van der Waals surface area contributed by atoms with Gasteiger partial charge in [0, 0.05) is 17.5 Å². The first-order valence-electron chi connectivity index (χ1n) is 7.51. The highest BCUT2D eigenvalue weighted by atomic mass is 35.5. The van der Waals surface area contributed by atoms with Crippen molar-refractivity contribution in [3.8, 4) is 10.6 Å². The molecule has 21 heavy (non-hydrogen) atoms. The van der Waals surface area contributed by atoms with Crippen LogP contribution in [0.1, 0.15) is 37.4 Å². The van der Waals surface area contributed by atoms with Crippen LogP contribution in [0.3, 0.4) is 0 Å². The fraction of sp³-hybridized carbons (Fsp3) is 0.471. The highest BCUT2D eigenvalue weighted by Crippen LogP contribution is 2.24. The second kappa shape index (κ2) is 8.52. The first kappa shape index (κ1) is 16.5. The van der Waals surface area contributed by atoms with Crippen molar-refractivity contribution in [3.05, 3.63) is 40.9 Å². The largest absolute Gasteiger partial charge is 0.302 e. The molecule has 0 saturated carbocycles. The van der Waals surface area contributed by atoms with Gasteiger partial charge in [-0.25, -0.2) is 4.98 Å². The average molecular weight is 323 g/mol. The lowest BCUT2D eigenvalue weighted by atomic mass is 10.1. The minimum Gasteiger partial charge on any atom is -0.302 e. The van der Waals surface area contributed by atoms with Gasteiger partial charge in [-0.2, -0.15) is 0 Å². The number of halogens is 1. The molecule has 2 aromatic rings. The van der Waals surface area contributed by atoms with Gasteiger partial charge in [0.05, 0.1) is 11.6 Å². The van der Waals surface area contributed by atoms with Crippen LogP contribution in [-0.4, -0.2) is 23.5 Å². The summed E-state index contributed by atoms with van der Waals surface area (Å²) in [5.74, 6) is 0.483. The number of hydrogen-bond donors (Lipinski definition) is 0. The normalized spacial score (nSPS) is 11.2. The predicted octanol–water partition coefficient (Wildman–Crippen LogP) is 5.17. The monoisotopic (exact) mass is 322 g/mol. The van der Waals surface area contributed by atoms with Crippen molar-refractivity contribution in [2.75, 3.05) is 13.6 Å². The maximum Gasteiger partial charge on any atom is 0.123 e. The van der Waals surface area contributed by atoms with Crippen molar-refractivity contribution in [3.63, 3.8) is 0 Å². The number of unbranched alkanes of at least 4 members (excludes halogenated alkanes) is 2. The number of nitrogens with zero attached hydrogens (tertiary/aromatic N) is 2. The third-order valence-electron chi connectivity index (χ3n) is 3.49. The smallest absolute Gasteiger partial charge is 0.123 e. The highest BCUT2D eigenvalue weighted by molar-refractivity contribution is 7.13. The van der Waals surface area contributed by atoms with E-state index in [4.69, 9.17) is 11.6 Å². The zero-order chi connectivity index (χ0) is 15.1. The molecular weight excluding hydrogens is 300 g/mol. The Balaban J connectivity index is 1.92. The number of hydrogen-bond acceptors (Lipinski definition) is 3. The van der Waals surface area contributed by atoms with Gasteiger partial charge in [0.25, 0.3) is 0 Å². The quantitative estimate of drug-likeness (QED) is 0.492. The molecule has 0 amide bonds. The summed E-state index contributed by atoms with van der Waals surface area (Å²) in [6.07, 6.45) is 3.88. The Bertz CT molecular complexity index is 536. The molecule has 2 rings (SSSR count). The summed E-state index contributed by atoms with van der Waals surface area (Å²) in [6.45, 7) is 4.42. The van der Waals surface area contributed by atoms with Crippen LogP contribution < -0.4 is 0 Å². The number of thiazole rings is 1. The van der Waals surface area contributed by atoms with Gasteiger partial charge in [-0.1, -0.05) is 44.0 Å². The van der Waals surface area contributed by atoms with Crippen molar-refractivity contribution < 1.29 is 0 Å². The second-order valence-electron chi connectivity index (χ2n) is 5.42. The molecule has 0 aliphatic carbocycles. The van der Waals surface area contributed by atoms with E-state index >= 15 is 0 Å². The van der Waals surface area contributed by atoms with Gasteiger partial charge in [-0.3, -0.25) is 0 Å². The Morgan fingerprint density at radius 3 is 2.57 bits per heavy atom. The lowest BCUT2D eigenvalue weighted by Crippen LogP contribution is -2.18. The summed E-state index contributed by atoms with van der Waals surface area (Å²) in [5, 5.41) is 3.08. The maximum atomic E-state index is 5.80. The molecule has 0 fully saturated rings. The Morgan fingerprint density at radius 1 is 1.19 bits per heavy atom. The minimum atomic E-state index is 0.483. The van der Waals surface area contributed by atoms with Crippen LogP contribution in [0.15, 0.2) is 29.6 Å². The fourth-order valence-corrected chi connectivity index (χ4v) is 3.33. The van der Waals surface area contributed by atoms with E-state index in [1.807, 2.05) is 5.38 Å². The number of aromatic nitrogens is 1. The molecular formula is C17H23ClN2S. The van der Waals surface area contributed by atoms with Crippen molar-refractivity contribution in [1.29, 1.82) is 0 Å². The Labute approximate surface area is 136 Å². The van der Waals surface area contributed by atoms with Crippen LogP contribution in [-0.2, 0) is 12.4 Å². The first-order valence-corrected chi connectivity index (χ1v) is 8.92. The van der Waals surface area contributed by atoms with Crippen LogP contribution in [0.25, 0.3) is 10.6 Å². The van der Waals surface area contributed by atoms with E-state index in [-0.39, 0.29) is 0 Å². The highest BCUT2D eigenvalue weighted by Gasteiger charge is 2.05. The number of benzene rings is 1. The lowest BCUT2D eigenvalue weighted by Gasteiger charge is -2.16. The average Bonchev–Trinajstić information content (AvgIpc) is 2.97. The SMILES string of the molecule is CCCCCN(C)Cc1ccc(-c2nc(CCl)cs2)cc1. The van der Waals surface area contributed by atoms with Gasteiger partial charge < -0.3 is 4.90 Å². The second-order valence-corrected chi connectivity index (χ2v) is 6.54. The minimum absolute atomic E-state index is 0.483. The summed E-state index contributed by atoms with van der Waals surface area (Å²) in [5.41, 5.74) is 3.48. The molecule has 4 heteroatoms. The predicted molar refractivity (Wildman–Crippen MR) is 93.0 cm³/mol. The van der Waals surface area contributed by atoms with Crippen molar-refractivity contribution >= 4 is 22.9 Å². The molecule has 114 valence electrons. The number of rotatable bonds is 8. The Hall–Kier alpha value is -0.900. The topological polar surface area (TPSA) is 16.1 Å². The number of alkyl halides is 1. The standard InChI is InChI=1S/C17H23ClN2S/c1-3-4-5-10-20(2)12-14-6-8-15(9-7-14)17-19-16(11-18)13-21-17/h6-9,13H,3-5,10-12H2,1-2H3. The summed E-state index contributed by atoms with van der Waals surface area (Å²) in [6, 6.07) is 8.72. The third-order valence-corrected chi connectivity index (χ3v) is 4.70. The summed E-state index contributed by atoms with van der Waals surface area (Å²) < 4.78 is 0. The maximum absolute atomic E-state index is 5.80. The molecule has 0 aliphatic heterocycles. The van der Waals surface area contributed by atoms with Gasteiger partial charge in [0.2, 0.25) is 0 Å². The van der Waals surface area contributed by atoms with Crippen LogP contribution in [0.5, 0.6) is 0 Å². The lowest BCUT2D eigenvalue weighted by molar-refractivity contribution is 0.318. The van der Waals surface area contributed by atoms with E-state index in [0.717, 1.165) is 17.2 Å². The van der Waals surface area contributed by atoms with E-state index < -0.39 is 0 Å². The van der Waals surface area contributed by atoms with Crippen LogP contribution in [0.2, 0.25) is 0 Å². The van der Waals surface area contributed by atoms with E-state index in [1.165, 1.54) is 36.9 Å². The van der Waals surface area contributed by atoms with Crippen LogP contribution in [0, 0.1) is 0 Å². The third kappa shape index (κ3) is 5.10. The Kier molecular flexibility index (Phi) is 6.68.